The summed E-state index contributed by atoms with van der Waals surface area (Å²) in [7, 11) is 0. The van der Waals surface area contributed by atoms with Crippen LogP contribution in [0.25, 0.3) is 0 Å². The van der Waals surface area contributed by atoms with Gasteiger partial charge in [-0.3, -0.25) is 9.59 Å². The fourth-order valence-electron chi connectivity index (χ4n) is 3.37. The Labute approximate surface area is 161 Å². The van der Waals surface area contributed by atoms with E-state index in [9.17, 15) is 19.8 Å². The molecule has 0 aliphatic carbocycles. The van der Waals surface area contributed by atoms with Crippen LogP contribution in [0, 0.1) is 13.8 Å². The Hall–Kier alpha value is -2.51. The van der Waals surface area contributed by atoms with Crippen molar-refractivity contribution in [3.63, 3.8) is 0 Å². The summed E-state index contributed by atoms with van der Waals surface area (Å²) in [6.45, 7) is 5.36. The van der Waals surface area contributed by atoms with Crippen molar-refractivity contribution in [2.45, 2.75) is 33.2 Å². The predicted molar refractivity (Wildman–Crippen MR) is 103 cm³/mol. The minimum Gasteiger partial charge on any atom is -0.503 e. The van der Waals surface area contributed by atoms with Gasteiger partial charge in [0.25, 0.3) is 5.91 Å². The molecule has 0 unspecified atom stereocenters. The van der Waals surface area contributed by atoms with E-state index in [0.717, 1.165) is 22.6 Å². The molecule has 0 saturated heterocycles. The molecule has 2 aromatic rings. The minimum atomic E-state index is -0.732. The SMILES string of the molecule is CCc1ccc([C@@H]2C(C(=O)c3sc(C)nc3C)=C(O)C(=O)N2CCO)cc1. The van der Waals surface area contributed by atoms with Crippen LogP contribution >= 0.6 is 11.3 Å². The van der Waals surface area contributed by atoms with Crippen molar-refractivity contribution in [3.8, 4) is 0 Å². The molecule has 1 aromatic carbocycles. The molecule has 1 amide bonds. The number of thiazole rings is 1. The molecular formula is C20H22N2O4S. The molecule has 7 heteroatoms. The first-order chi connectivity index (χ1) is 12.9. The first-order valence-corrected chi connectivity index (χ1v) is 9.63. The zero-order valence-electron chi connectivity index (χ0n) is 15.5. The number of amides is 1. The number of rotatable bonds is 6. The lowest BCUT2D eigenvalue weighted by molar-refractivity contribution is -0.129. The van der Waals surface area contributed by atoms with Crippen molar-refractivity contribution in [3.05, 3.63) is 62.3 Å². The quantitative estimate of drug-likeness (QED) is 0.745. The van der Waals surface area contributed by atoms with Crippen LogP contribution in [0.3, 0.4) is 0 Å². The molecule has 0 spiro atoms. The van der Waals surface area contributed by atoms with Crippen LogP contribution < -0.4 is 0 Å². The summed E-state index contributed by atoms with van der Waals surface area (Å²) >= 11 is 1.25. The Kier molecular flexibility index (Phi) is 5.43. The molecule has 3 rings (SSSR count). The molecular weight excluding hydrogens is 364 g/mol. The third kappa shape index (κ3) is 3.40. The smallest absolute Gasteiger partial charge is 0.290 e. The van der Waals surface area contributed by atoms with Crippen molar-refractivity contribution in [2.24, 2.45) is 0 Å². The first-order valence-electron chi connectivity index (χ1n) is 8.81. The van der Waals surface area contributed by atoms with Gasteiger partial charge in [0.05, 0.1) is 33.8 Å². The van der Waals surface area contributed by atoms with Gasteiger partial charge in [-0.25, -0.2) is 4.98 Å². The van der Waals surface area contributed by atoms with E-state index in [2.05, 4.69) is 4.98 Å². The summed E-state index contributed by atoms with van der Waals surface area (Å²) in [5.41, 5.74) is 2.48. The van der Waals surface area contributed by atoms with E-state index in [0.29, 0.717) is 10.6 Å². The van der Waals surface area contributed by atoms with E-state index >= 15 is 0 Å². The molecule has 1 atom stereocenters. The van der Waals surface area contributed by atoms with Gasteiger partial charge in [0.2, 0.25) is 5.78 Å². The van der Waals surface area contributed by atoms with Gasteiger partial charge in [-0.2, -0.15) is 0 Å². The van der Waals surface area contributed by atoms with Crippen molar-refractivity contribution in [1.82, 2.24) is 9.88 Å². The second-order valence-corrected chi connectivity index (χ2v) is 7.66. The number of ketones is 1. The van der Waals surface area contributed by atoms with Gasteiger partial charge in [0.1, 0.15) is 0 Å². The number of hydrogen-bond acceptors (Lipinski definition) is 6. The molecule has 2 heterocycles. The Morgan fingerprint density at radius 2 is 1.93 bits per heavy atom. The van der Waals surface area contributed by atoms with Gasteiger partial charge in [-0.05, 0) is 31.4 Å². The van der Waals surface area contributed by atoms with E-state index in [1.165, 1.54) is 16.2 Å². The molecule has 0 saturated carbocycles. The number of β-amino-alcohol motifs (C(OH)–C–C–N with tert-alkyl or cyclic N) is 1. The maximum absolute atomic E-state index is 13.2. The third-order valence-corrected chi connectivity index (χ3v) is 5.77. The number of carbonyl (C=O) groups excluding carboxylic acids is 2. The highest BCUT2D eigenvalue weighted by atomic mass is 32.1. The van der Waals surface area contributed by atoms with E-state index in [1.807, 2.05) is 38.1 Å². The number of nitrogens with zero attached hydrogens (tertiary/aromatic N) is 2. The lowest BCUT2D eigenvalue weighted by Gasteiger charge is -2.26. The van der Waals surface area contributed by atoms with Crippen molar-refractivity contribution in [1.29, 1.82) is 0 Å². The summed E-state index contributed by atoms with van der Waals surface area (Å²) in [6.07, 6.45) is 0.871. The van der Waals surface area contributed by atoms with Crippen molar-refractivity contribution >= 4 is 23.0 Å². The Morgan fingerprint density at radius 1 is 1.26 bits per heavy atom. The number of hydrogen-bond donors (Lipinski definition) is 2. The van der Waals surface area contributed by atoms with Crippen molar-refractivity contribution < 1.29 is 19.8 Å². The number of aliphatic hydroxyl groups is 2. The Morgan fingerprint density at radius 3 is 2.44 bits per heavy atom. The van der Waals surface area contributed by atoms with Gasteiger partial charge in [0.15, 0.2) is 5.76 Å². The van der Waals surface area contributed by atoms with Gasteiger partial charge < -0.3 is 15.1 Å². The number of benzene rings is 1. The number of aliphatic hydroxyl groups excluding tert-OH is 2. The van der Waals surface area contributed by atoms with E-state index < -0.39 is 23.5 Å². The molecule has 142 valence electrons. The second kappa shape index (κ2) is 7.62. The van der Waals surface area contributed by atoms with Crippen LogP contribution in [0.5, 0.6) is 0 Å². The summed E-state index contributed by atoms with van der Waals surface area (Å²) < 4.78 is 0. The normalized spacial score (nSPS) is 17.1. The highest BCUT2D eigenvalue weighted by Crippen LogP contribution is 2.39. The maximum Gasteiger partial charge on any atom is 0.290 e. The standard InChI is InChI=1S/C20H22N2O4S/c1-4-13-5-7-14(8-6-13)16-15(18(25)20(26)22(16)9-10-23)17(24)19-11(2)21-12(3)27-19/h5-8,16,23,25H,4,9-10H2,1-3H3/t16-/m1/s1. The highest BCUT2D eigenvalue weighted by Gasteiger charge is 2.44. The predicted octanol–water partition coefficient (Wildman–Crippen LogP) is 2.89. The molecule has 1 aromatic heterocycles. The van der Waals surface area contributed by atoms with Gasteiger partial charge in [-0.1, -0.05) is 31.2 Å². The molecule has 6 nitrogen and oxygen atoms in total. The second-order valence-electron chi connectivity index (χ2n) is 6.46. The van der Waals surface area contributed by atoms with Crippen molar-refractivity contribution in [2.75, 3.05) is 13.2 Å². The maximum atomic E-state index is 13.2. The number of carbonyl (C=O) groups is 2. The first kappa shape index (κ1) is 19.3. The molecule has 1 aliphatic rings. The molecule has 0 fully saturated rings. The number of aryl methyl sites for hydroxylation is 3. The molecule has 2 N–H and O–H groups in total. The van der Waals surface area contributed by atoms with Crippen LogP contribution in [0.2, 0.25) is 0 Å². The monoisotopic (exact) mass is 386 g/mol. The van der Waals surface area contributed by atoms with Gasteiger partial charge >= 0.3 is 0 Å². The number of Topliss-reactive ketones (excluding diaryl/α,β-unsaturated/α-hetero) is 1. The average Bonchev–Trinajstić information content (AvgIpc) is 3.12. The van der Waals surface area contributed by atoms with E-state index in [-0.39, 0.29) is 18.7 Å². The Balaban J connectivity index is 2.10. The molecule has 27 heavy (non-hydrogen) atoms. The van der Waals surface area contributed by atoms with Gasteiger partial charge in [0, 0.05) is 6.54 Å². The average molecular weight is 386 g/mol. The van der Waals surface area contributed by atoms with Crippen LogP contribution in [-0.2, 0) is 11.2 Å². The minimum absolute atomic E-state index is 0.0283. The Bertz CT molecular complexity index is 915. The fraction of sp³-hybridized carbons (Fsp3) is 0.350. The molecule has 0 radical (unpaired) electrons. The zero-order chi connectivity index (χ0) is 19.7. The lowest BCUT2D eigenvalue weighted by Crippen LogP contribution is -2.33. The summed E-state index contributed by atoms with van der Waals surface area (Å²) in [5, 5.41) is 20.6. The van der Waals surface area contributed by atoms with Crippen LogP contribution in [0.1, 0.15) is 44.5 Å². The number of aromatic nitrogens is 1. The molecule has 1 aliphatic heterocycles. The summed E-state index contributed by atoms with van der Waals surface area (Å²) in [4.78, 5) is 31.8. The fourth-order valence-corrected chi connectivity index (χ4v) is 4.24. The van der Waals surface area contributed by atoms with Gasteiger partial charge in [-0.15, -0.1) is 11.3 Å². The summed E-state index contributed by atoms with van der Waals surface area (Å²) in [6, 6.07) is 6.87. The van der Waals surface area contributed by atoms with E-state index in [4.69, 9.17) is 0 Å². The molecule has 0 bridgehead atoms. The summed E-state index contributed by atoms with van der Waals surface area (Å²) in [5.74, 6) is -1.59. The topological polar surface area (TPSA) is 90.7 Å². The zero-order valence-corrected chi connectivity index (χ0v) is 16.3. The third-order valence-electron chi connectivity index (χ3n) is 4.70. The highest BCUT2D eigenvalue weighted by molar-refractivity contribution is 7.14. The lowest BCUT2D eigenvalue weighted by atomic mass is 9.94. The van der Waals surface area contributed by atoms with Crippen LogP contribution in [0.4, 0.5) is 0 Å². The van der Waals surface area contributed by atoms with E-state index in [1.54, 1.807) is 6.92 Å². The van der Waals surface area contributed by atoms with Crippen LogP contribution in [-0.4, -0.2) is 44.9 Å². The van der Waals surface area contributed by atoms with Crippen LogP contribution in [0.15, 0.2) is 35.6 Å². The largest absolute Gasteiger partial charge is 0.503 e.